The Morgan fingerprint density at radius 2 is 2.08 bits per heavy atom. The van der Waals surface area contributed by atoms with Gasteiger partial charge in [-0.05, 0) is 43.7 Å². The minimum Gasteiger partial charge on any atom is -0.497 e. The second-order valence-corrected chi connectivity index (χ2v) is 5.87. The Balaban J connectivity index is 2.35. The molecule has 0 bridgehead atoms. The van der Waals surface area contributed by atoms with Crippen LogP contribution in [0.3, 0.4) is 0 Å². The summed E-state index contributed by atoms with van der Waals surface area (Å²) in [6, 6.07) is 7.58. The number of allylic oxidation sites excluding steroid dienone is 1. The number of methoxy groups -OCH3 is 1. The third kappa shape index (κ3) is 4.67. The van der Waals surface area contributed by atoms with E-state index in [2.05, 4.69) is 16.8 Å². The van der Waals surface area contributed by atoms with Gasteiger partial charge in [0.05, 0.1) is 19.4 Å². The maximum atomic E-state index is 12.0. The first-order chi connectivity index (χ1) is 12.1. The molecule has 1 aromatic heterocycles. The molecule has 2 rings (SSSR count). The number of hydrogen-bond donors (Lipinski definition) is 0. The molecule has 0 aliphatic heterocycles. The number of hydrogen-bond acceptors (Lipinski definition) is 6. The van der Waals surface area contributed by atoms with Gasteiger partial charge in [-0.15, -0.1) is 23.0 Å². The molecule has 0 unspecified atom stereocenters. The van der Waals surface area contributed by atoms with E-state index in [1.807, 2.05) is 31.2 Å². The predicted molar refractivity (Wildman–Crippen MR) is 99.2 cm³/mol. The summed E-state index contributed by atoms with van der Waals surface area (Å²) in [7, 11) is 1.63. The fourth-order valence-corrected chi connectivity index (χ4v) is 2.92. The second-order valence-electron chi connectivity index (χ2n) is 5.04. The lowest BCUT2D eigenvalue weighted by atomic mass is 10.1. The van der Waals surface area contributed by atoms with Crippen molar-refractivity contribution in [3.63, 3.8) is 0 Å². The molecule has 25 heavy (non-hydrogen) atoms. The van der Waals surface area contributed by atoms with Crippen molar-refractivity contribution >= 4 is 23.0 Å². The largest absolute Gasteiger partial charge is 0.497 e. The van der Waals surface area contributed by atoms with Crippen LogP contribution in [0.1, 0.15) is 29.9 Å². The molecule has 132 valence electrons. The topological polar surface area (TPSA) is 65.2 Å². The summed E-state index contributed by atoms with van der Waals surface area (Å²) in [5, 5.41) is 10.3. The van der Waals surface area contributed by atoms with E-state index in [4.69, 9.17) is 9.47 Å². The highest BCUT2D eigenvalue weighted by Gasteiger charge is 2.13. The van der Waals surface area contributed by atoms with Crippen molar-refractivity contribution in [2.24, 2.45) is 10.2 Å². The van der Waals surface area contributed by atoms with Gasteiger partial charge in [0.2, 0.25) is 4.80 Å². The molecule has 0 spiro atoms. The van der Waals surface area contributed by atoms with Crippen LogP contribution < -0.4 is 9.54 Å². The van der Waals surface area contributed by atoms with E-state index in [0.717, 1.165) is 17.0 Å². The van der Waals surface area contributed by atoms with Crippen LogP contribution in [0.15, 0.2) is 52.5 Å². The molecule has 0 fully saturated rings. The Bertz CT molecular complexity index is 832. The molecule has 0 saturated carbocycles. The van der Waals surface area contributed by atoms with Crippen molar-refractivity contribution in [3.8, 4) is 5.75 Å². The summed E-state index contributed by atoms with van der Waals surface area (Å²) in [4.78, 5) is 12.6. The zero-order chi connectivity index (χ0) is 18.2. The van der Waals surface area contributed by atoms with E-state index in [9.17, 15) is 4.79 Å². The highest BCUT2D eigenvalue weighted by Crippen LogP contribution is 2.12. The fraction of sp³-hybridized carbons (Fsp3) is 0.278. The predicted octanol–water partition coefficient (Wildman–Crippen LogP) is 3.25. The second kappa shape index (κ2) is 8.98. The number of benzene rings is 1. The van der Waals surface area contributed by atoms with Crippen LogP contribution in [0.4, 0.5) is 0 Å². The number of thiazole rings is 1. The molecular formula is C18H21N3O3S. The van der Waals surface area contributed by atoms with Crippen molar-refractivity contribution in [1.82, 2.24) is 4.57 Å². The Kier molecular flexibility index (Phi) is 6.71. The smallest absolute Gasteiger partial charge is 0.355 e. The van der Waals surface area contributed by atoms with Gasteiger partial charge in [-0.1, -0.05) is 6.08 Å². The Morgan fingerprint density at radius 1 is 1.36 bits per heavy atom. The van der Waals surface area contributed by atoms with Gasteiger partial charge in [-0.25, -0.2) is 4.79 Å². The molecule has 0 atom stereocenters. The monoisotopic (exact) mass is 359 g/mol. The molecule has 0 saturated heterocycles. The number of esters is 1. The van der Waals surface area contributed by atoms with Gasteiger partial charge in [0.15, 0.2) is 0 Å². The molecule has 1 heterocycles. The summed E-state index contributed by atoms with van der Waals surface area (Å²) in [6.07, 6.45) is 1.70. The van der Waals surface area contributed by atoms with Crippen LogP contribution in [0.2, 0.25) is 0 Å². The van der Waals surface area contributed by atoms with Crippen molar-refractivity contribution in [2.75, 3.05) is 13.7 Å². The Morgan fingerprint density at radius 3 is 2.68 bits per heavy atom. The van der Waals surface area contributed by atoms with Crippen molar-refractivity contribution < 1.29 is 14.3 Å². The van der Waals surface area contributed by atoms with Crippen LogP contribution >= 0.6 is 11.3 Å². The summed E-state index contributed by atoms with van der Waals surface area (Å²) in [5.74, 6) is 0.410. The minimum atomic E-state index is -0.377. The molecular weight excluding hydrogens is 338 g/mol. The zero-order valence-corrected chi connectivity index (χ0v) is 15.4. The SMILES string of the molecule is C=CCn1c(C(=O)OCC)csc1=NN=C(C)c1ccc(OC)cc1. The minimum absolute atomic E-state index is 0.323. The number of rotatable bonds is 7. The van der Waals surface area contributed by atoms with E-state index in [1.165, 1.54) is 11.3 Å². The standard InChI is InChI=1S/C18H21N3O3S/c1-5-11-21-16(17(22)24-6-2)12-25-18(21)20-19-13(3)14-7-9-15(23-4)10-8-14/h5,7-10,12H,1,6,11H2,2-4H3. The van der Waals surface area contributed by atoms with Gasteiger partial charge in [-0.2, -0.15) is 5.10 Å². The molecule has 0 N–H and O–H groups in total. The van der Waals surface area contributed by atoms with Crippen LogP contribution in [-0.2, 0) is 11.3 Å². The van der Waals surface area contributed by atoms with Crippen LogP contribution in [0.25, 0.3) is 0 Å². The van der Waals surface area contributed by atoms with E-state index in [-0.39, 0.29) is 5.97 Å². The van der Waals surface area contributed by atoms with E-state index in [0.29, 0.717) is 23.6 Å². The molecule has 7 heteroatoms. The summed E-state index contributed by atoms with van der Waals surface area (Å²) < 4.78 is 12.0. The van der Waals surface area contributed by atoms with Crippen molar-refractivity contribution in [2.45, 2.75) is 20.4 Å². The average Bonchev–Trinajstić information content (AvgIpc) is 3.03. The number of carbonyl (C=O) groups excluding carboxylic acids is 1. The van der Waals surface area contributed by atoms with E-state index in [1.54, 1.807) is 30.1 Å². The first-order valence-corrected chi connectivity index (χ1v) is 8.67. The highest BCUT2D eigenvalue weighted by molar-refractivity contribution is 7.07. The lowest BCUT2D eigenvalue weighted by Crippen LogP contribution is -2.20. The van der Waals surface area contributed by atoms with Crippen molar-refractivity contribution in [1.29, 1.82) is 0 Å². The summed E-state index contributed by atoms with van der Waals surface area (Å²) in [6.45, 7) is 8.15. The third-order valence-corrected chi connectivity index (χ3v) is 4.24. The van der Waals surface area contributed by atoms with Gasteiger partial charge in [0.1, 0.15) is 11.4 Å². The average molecular weight is 359 g/mol. The van der Waals surface area contributed by atoms with Gasteiger partial charge >= 0.3 is 5.97 Å². The lowest BCUT2D eigenvalue weighted by Gasteiger charge is -2.05. The summed E-state index contributed by atoms with van der Waals surface area (Å²) in [5.41, 5.74) is 2.16. The quantitative estimate of drug-likeness (QED) is 0.330. The lowest BCUT2D eigenvalue weighted by molar-refractivity contribution is 0.0514. The highest BCUT2D eigenvalue weighted by atomic mass is 32.1. The van der Waals surface area contributed by atoms with Crippen LogP contribution in [0, 0.1) is 0 Å². The van der Waals surface area contributed by atoms with E-state index >= 15 is 0 Å². The Labute approximate surface area is 150 Å². The maximum Gasteiger partial charge on any atom is 0.355 e. The molecule has 6 nitrogen and oxygen atoms in total. The third-order valence-electron chi connectivity index (χ3n) is 3.39. The number of aromatic nitrogens is 1. The molecule has 1 aromatic carbocycles. The summed E-state index contributed by atoms with van der Waals surface area (Å²) >= 11 is 1.33. The number of nitrogens with zero attached hydrogens (tertiary/aromatic N) is 3. The van der Waals surface area contributed by atoms with E-state index < -0.39 is 0 Å². The van der Waals surface area contributed by atoms with Gasteiger partial charge < -0.3 is 14.0 Å². The van der Waals surface area contributed by atoms with Gasteiger partial charge in [0.25, 0.3) is 0 Å². The maximum absolute atomic E-state index is 12.0. The fourth-order valence-electron chi connectivity index (χ4n) is 2.09. The Hall–Kier alpha value is -2.67. The molecule has 2 aromatic rings. The zero-order valence-electron chi connectivity index (χ0n) is 14.6. The van der Waals surface area contributed by atoms with Crippen molar-refractivity contribution in [3.05, 3.63) is 58.4 Å². The first kappa shape index (κ1) is 18.7. The number of ether oxygens (including phenoxy) is 2. The van der Waals surface area contributed by atoms with Gasteiger partial charge in [0, 0.05) is 11.9 Å². The van der Waals surface area contributed by atoms with Gasteiger partial charge in [-0.3, -0.25) is 0 Å². The first-order valence-electron chi connectivity index (χ1n) is 7.79. The van der Waals surface area contributed by atoms with Crippen LogP contribution in [0.5, 0.6) is 5.75 Å². The normalized spacial score (nSPS) is 12.1. The molecule has 0 amide bonds. The molecule has 0 aliphatic rings. The number of carbonyl (C=O) groups is 1. The molecule has 0 aliphatic carbocycles. The molecule has 0 radical (unpaired) electrons. The van der Waals surface area contributed by atoms with Crippen LogP contribution in [-0.4, -0.2) is 30.0 Å².